The first-order chi connectivity index (χ1) is 15.5. The van der Waals surface area contributed by atoms with Gasteiger partial charge in [-0.05, 0) is 48.2 Å². The van der Waals surface area contributed by atoms with E-state index in [4.69, 9.17) is 14.7 Å². The van der Waals surface area contributed by atoms with E-state index in [2.05, 4.69) is 5.32 Å². The molecule has 1 aliphatic rings. The Morgan fingerprint density at radius 3 is 2.50 bits per heavy atom. The van der Waals surface area contributed by atoms with E-state index in [0.29, 0.717) is 40.7 Å². The van der Waals surface area contributed by atoms with Crippen LogP contribution in [0.3, 0.4) is 0 Å². The smallest absolute Gasteiger partial charge is 0.352 e. The molecule has 0 radical (unpaired) electrons. The Labute approximate surface area is 187 Å². The van der Waals surface area contributed by atoms with E-state index in [-0.39, 0.29) is 11.6 Å². The van der Waals surface area contributed by atoms with Crippen molar-refractivity contribution in [3.8, 4) is 23.3 Å². The molecule has 166 valence electrons. The molecule has 1 aliphatic carbocycles. The van der Waals surface area contributed by atoms with Crippen molar-refractivity contribution in [2.24, 2.45) is 5.92 Å². The first-order valence-corrected chi connectivity index (χ1v) is 10.6. The highest BCUT2D eigenvalue weighted by Gasteiger charge is 2.18. The lowest BCUT2D eigenvalue weighted by atomic mass is 10.0. The topological polar surface area (TPSA) is 109 Å². The third kappa shape index (κ3) is 6.35. The van der Waals surface area contributed by atoms with Gasteiger partial charge in [0.05, 0.1) is 18.7 Å². The number of amides is 1. The van der Waals surface area contributed by atoms with Crippen molar-refractivity contribution in [2.45, 2.75) is 38.5 Å². The molecular weight excluding hydrogens is 408 g/mol. The molecule has 7 heteroatoms. The molecule has 2 aromatic rings. The molecule has 0 bridgehead atoms. The number of benzene rings is 2. The Balaban J connectivity index is 1.64. The van der Waals surface area contributed by atoms with Crippen LogP contribution in [0.2, 0.25) is 0 Å². The molecular formula is C25H26N2O5. The predicted molar refractivity (Wildman–Crippen MR) is 119 cm³/mol. The van der Waals surface area contributed by atoms with Gasteiger partial charge in [0.15, 0.2) is 11.5 Å². The highest BCUT2D eigenvalue weighted by atomic mass is 16.5. The molecule has 1 amide bonds. The van der Waals surface area contributed by atoms with Crippen molar-refractivity contribution < 1.29 is 24.2 Å². The zero-order chi connectivity index (χ0) is 22.9. The Bertz CT molecular complexity index is 1030. The van der Waals surface area contributed by atoms with Gasteiger partial charge in [-0.2, -0.15) is 5.26 Å². The second-order valence-electron chi connectivity index (χ2n) is 7.75. The van der Waals surface area contributed by atoms with Crippen LogP contribution >= 0.6 is 0 Å². The van der Waals surface area contributed by atoms with E-state index in [1.165, 1.54) is 26.0 Å². The van der Waals surface area contributed by atoms with Gasteiger partial charge < -0.3 is 19.9 Å². The van der Waals surface area contributed by atoms with Gasteiger partial charge in [0.2, 0.25) is 5.91 Å². The number of rotatable bonds is 9. The Morgan fingerprint density at radius 2 is 1.88 bits per heavy atom. The summed E-state index contributed by atoms with van der Waals surface area (Å²) in [5.74, 6) is 0.500. The predicted octanol–water partition coefficient (Wildman–Crippen LogP) is 4.87. The van der Waals surface area contributed by atoms with Crippen LogP contribution < -0.4 is 14.8 Å². The van der Waals surface area contributed by atoms with Gasteiger partial charge in [-0.1, -0.05) is 37.8 Å². The van der Waals surface area contributed by atoms with Crippen molar-refractivity contribution >= 4 is 18.0 Å². The molecule has 2 N–H and O–H groups in total. The standard InChI is InChI=1S/C25H26N2O5/c1-31-23-15-19(16-26)8-12-22(23)32-20-10-6-18(7-11-20)14-21(25(29)30)27-24(28)13-9-17-4-2-3-5-17/h6-8,10-12,14-15,17H,2-5,9,13H2,1H3,(H,27,28)(H,29,30)/b21-14-. The molecule has 2 aromatic carbocycles. The van der Waals surface area contributed by atoms with Gasteiger partial charge in [0.25, 0.3) is 0 Å². The maximum atomic E-state index is 12.2. The van der Waals surface area contributed by atoms with E-state index in [1.54, 1.807) is 42.5 Å². The summed E-state index contributed by atoms with van der Waals surface area (Å²) in [4.78, 5) is 23.8. The number of methoxy groups -OCH3 is 1. The van der Waals surface area contributed by atoms with Crippen LogP contribution in [-0.2, 0) is 9.59 Å². The molecule has 3 rings (SSSR count). The summed E-state index contributed by atoms with van der Waals surface area (Å²) in [6.45, 7) is 0. The number of carbonyl (C=O) groups excluding carboxylic acids is 1. The molecule has 0 spiro atoms. The quantitative estimate of drug-likeness (QED) is 0.545. The number of ether oxygens (including phenoxy) is 2. The second kappa shape index (κ2) is 11.0. The third-order valence-corrected chi connectivity index (χ3v) is 5.47. The van der Waals surface area contributed by atoms with Crippen molar-refractivity contribution in [3.63, 3.8) is 0 Å². The summed E-state index contributed by atoms with van der Waals surface area (Å²) in [5.41, 5.74) is 0.905. The zero-order valence-corrected chi connectivity index (χ0v) is 18.0. The summed E-state index contributed by atoms with van der Waals surface area (Å²) in [7, 11) is 1.49. The summed E-state index contributed by atoms with van der Waals surface area (Å²) in [6.07, 6.45) is 7.27. The lowest BCUT2D eigenvalue weighted by molar-refractivity contribution is -0.134. The molecule has 32 heavy (non-hydrogen) atoms. The molecule has 0 atom stereocenters. The van der Waals surface area contributed by atoms with E-state index >= 15 is 0 Å². The summed E-state index contributed by atoms with van der Waals surface area (Å²) in [6, 6.07) is 13.7. The maximum absolute atomic E-state index is 12.2. The van der Waals surface area contributed by atoms with Gasteiger partial charge in [-0.3, -0.25) is 4.79 Å². The summed E-state index contributed by atoms with van der Waals surface area (Å²) >= 11 is 0. The first kappa shape index (κ1) is 22.9. The van der Waals surface area contributed by atoms with Crippen molar-refractivity contribution in [2.75, 3.05) is 7.11 Å². The van der Waals surface area contributed by atoms with Gasteiger partial charge in [-0.25, -0.2) is 4.79 Å². The lowest BCUT2D eigenvalue weighted by Gasteiger charge is -2.11. The van der Waals surface area contributed by atoms with Gasteiger partial charge >= 0.3 is 5.97 Å². The summed E-state index contributed by atoms with van der Waals surface area (Å²) in [5, 5.41) is 21.0. The number of hydrogen-bond acceptors (Lipinski definition) is 5. The average molecular weight is 434 g/mol. The number of aliphatic carboxylic acids is 1. The van der Waals surface area contributed by atoms with E-state index in [0.717, 1.165) is 19.3 Å². The minimum absolute atomic E-state index is 0.163. The minimum Gasteiger partial charge on any atom is -0.493 e. The van der Waals surface area contributed by atoms with E-state index in [1.807, 2.05) is 6.07 Å². The fourth-order valence-corrected chi connectivity index (χ4v) is 3.75. The zero-order valence-electron chi connectivity index (χ0n) is 18.0. The normalized spacial score (nSPS) is 13.9. The summed E-state index contributed by atoms with van der Waals surface area (Å²) < 4.78 is 11.1. The number of carboxylic acids is 1. The fraction of sp³-hybridized carbons (Fsp3) is 0.320. The van der Waals surface area contributed by atoms with Crippen molar-refractivity contribution in [3.05, 3.63) is 59.3 Å². The SMILES string of the molecule is COc1cc(C#N)ccc1Oc1ccc(/C=C(\NC(=O)CCC2CCCC2)C(=O)O)cc1. The molecule has 1 fully saturated rings. The number of nitrogens with zero attached hydrogens (tertiary/aromatic N) is 1. The van der Waals surface area contributed by atoms with E-state index in [9.17, 15) is 14.7 Å². The Hall–Kier alpha value is -3.79. The Kier molecular flexibility index (Phi) is 7.87. The first-order valence-electron chi connectivity index (χ1n) is 10.6. The monoisotopic (exact) mass is 434 g/mol. The maximum Gasteiger partial charge on any atom is 0.352 e. The molecule has 0 aromatic heterocycles. The van der Waals surface area contributed by atoms with Gasteiger partial charge in [0.1, 0.15) is 11.4 Å². The van der Waals surface area contributed by atoms with Crippen LogP contribution in [-0.4, -0.2) is 24.1 Å². The van der Waals surface area contributed by atoms with Crippen LogP contribution in [0.5, 0.6) is 17.2 Å². The highest BCUT2D eigenvalue weighted by Crippen LogP contribution is 2.32. The molecule has 1 saturated carbocycles. The van der Waals surface area contributed by atoms with Crippen LogP contribution in [0.1, 0.15) is 49.7 Å². The van der Waals surface area contributed by atoms with E-state index < -0.39 is 5.97 Å². The highest BCUT2D eigenvalue weighted by molar-refractivity contribution is 5.96. The molecule has 0 aliphatic heterocycles. The van der Waals surface area contributed by atoms with Gasteiger partial charge in [-0.15, -0.1) is 0 Å². The van der Waals surface area contributed by atoms with Crippen LogP contribution in [0.25, 0.3) is 6.08 Å². The van der Waals surface area contributed by atoms with Crippen LogP contribution in [0.15, 0.2) is 48.2 Å². The van der Waals surface area contributed by atoms with Crippen LogP contribution in [0, 0.1) is 17.2 Å². The second-order valence-corrected chi connectivity index (χ2v) is 7.75. The number of hydrogen-bond donors (Lipinski definition) is 2. The van der Waals surface area contributed by atoms with Crippen molar-refractivity contribution in [1.29, 1.82) is 5.26 Å². The van der Waals surface area contributed by atoms with Gasteiger partial charge in [0, 0.05) is 12.5 Å². The third-order valence-electron chi connectivity index (χ3n) is 5.47. The van der Waals surface area contributed by atoms with Crippen LogP contribution in [0.4, 0.5) is 0 Å². The number of carboxylic acid groups (broad SMARTS) is 1. The lowest BCUT2D eigenvalue weighted by Crippen LogP contribution is -2.27. The Morgan fingerprint density at radius 1 is 1.16 bits per heavy atom. The minimum atomic E-state index is -1.19. The number of nitrogens with one attached hydrogen (secondary N) is 1. The fourth-order valence-electron chi connectivity index (χ4n) is 3.75. The molecule has 0 heterocycles. The molecule has 7 nitrogen and oxygen atoms in total. The van der Waals surface area contributed by atoms with Crippen molar-refractivity contribution in [1.82, 2.24) is 5.32 Å². The number of nitriles is 1. The number of carbonyl (C=O) groups is 2. The largest absolute Gasteiger partial charge is 0.493 e. The average Bonchev–Trinajstić information content (AvgIpc) is 3.32. The molecule has 0 unspecified atom stereocenters. The molecule has 0 saturated heterocycles.